The summed E-state index contributed by atoms with van der Waals surface area (Å²) in [6, 6.07) is 0. The average Bonchev–Trinajstić information content (AvgIpc) is 2.01. The van der Waals surface area contributed by atoms with E-state index in [2.05, 4.69) is 13.5 Å². The van der Waals surface area contributed by atoms with Crippen LogP contribution < -0.4 is 0 Å². The monoisotopic (exact) mass is 154 g/mol. The van der Waals surface area contributed by atoms with Crippen molar-refractivity contribution < 1.29 is 4.39 Å². The second kappa shape index (κ2) is 7.26. The van der Waals surface area contributed by atoms with Crippen LogP contribution >= 0.6 is 0 Å². The number of allylic oxidation sites excluding steroid dienone is 5. The van der Waals surface area contributed by atoms with Gasteiger partial charge in [0.15, 0.2) is 0 Å². The second-order valence-corrected chi connectivity index (χ2v) is 2.30. The molecule has 11 heavy (non-hydrogen) atoms. The van der Waals surface area contributed by atoms with Gasteiger partial charge in [0.25, 0.3) is 0 Å². The largest absolute Gasteiger partial charge is 0.207 e. The van der Waals surface area contributed by atoms with Gasteiger partial charge in [0.05, 0.1) is 0 Å². The van der Waals surface area contributed by atoms with Gasteiger partial charge < -0.3 is 0 Å². The molecule has 0 amide bonds. The van der Waals surface area contributed by atoms with Crippen LogP contribution in [0, 0.1) is 0 Å². The van der Waals surface area contributed by atoms with E-state index < -0.39 is 0 Å². The molecule has 0 fully saturated rings. The molecule has 0 spiro atoms. The summed E-state index contributed by atoms with van der Waals surface area (Å²) in [6.45, 7) is 5.56. The Balaban J connectivity index is 3.64. The fraction of sp³-hybridized carbons (Fsp3) is 0.400. The highest BCUT2D eigenvalue weighted by molar-refractivity contribution is 5.11. The molecule has 0 saturated carbocycles. The zero-order valence-corrected chi connectivity index (χ0v) is 7.02. The van der Waals surface area contributed by atoms with Gasteiger partial charge in [-0.1, -0.05) is 25.5 Å². The van der Waals surface area contributed by atoms with Crippen molar-refractivity contribution in [2.24, 2.45) is 0 Å². The lowest BCUT2D eigenvalue weighted by Crippen LogP contribution is -1.66. The molecule has 0 aliphatic carbocycles. The summed E-state index contributed by atoms with van der Waals surface area (Å²) in [6.07, 6.45) is 9.14. The van der Waals surface area contributed by atoms with Crippen LogP contribution in [-0.4, -0.2) is 0 Å². The molecule has 0 aromatic rings. The Kier molecular flexibility index (Phi) is 6.70. The van der Waals surface area contributed by atoms with Crippen LogP contribution in [0.15, 0.2) is 36.7 Å². The molecule has 0 aromatic carbocycles. The standard InChI is InChI=1S/C10H15F/c1-3-5-7-9-10(11)8-6-4-2/h4,7-9H,2-3,5-6H2,1H3/b9-7-,10-8+. The zero-order valence-electron chi connectivity index (χ0n) is 7.02. The summed E-state index contributed by atoms with van der Waals surface area (Å²) in [4.78, 5) is 0. The molecule has 0 aliphatic rings. The van der Waals surface area contributed by atoms with Crippen molar-refractivity contribution in [1.82, 2.24) is 0 Å². The SMILES string of the molecule is C=CC/C=C(F)\C=C/CCC. The van der Waals surface area contributed by atoms with Crippen molar-refractivity contribution in [3.8, 4) is 0 Å². The maximum Gasteiger partial charge on any atom is 0.119 e. The lowest BCUT2D eigenvalue weighted by Gasteiger charge is -1.85. The maximum atomic E-state index is 12.6. The van der Waals surface area contributed by atoms with Gasteiger partial charge in [0.1, 0.15) is 5.83 Å². The Hall–Kier alpha value is -0.850. The van der Waals surface area contributed by atoms with Crippen LogP contribution in [0.3, 0.4) is 0 Å². The molecular formula is C10H15F. The number of halogens is 1. The van der Waals surface area contributed by atoms with E-state index in [1.165, 1.54) is 12.2 Å². The van der Waals surface area contributed by atoms with Crippen LogP contribution in [0.5, 0.6) is 0 Å². The lowest BCUT2D eigenvalue weighted by atomic mass is 10.3. The minimum Gasteiger partial charge on any atom is -0.207 e. The average molecular weight is 154 g/mol. The third-order valence-corrected chi connectivity index (χ3v) is 1.21. The van der Waals surface area contributed by atoms with Gasteiger partial charge >= 0.3 is 0 Å². The molecular weight excluding hydrogens is 139 g/mol. The molecule has 0 aliphatic heterocycles. The van der Waals surface area contributed by atoms with E-state index in [0.29, 0.717) is 6.42 Å². The van der Waals surface area contributed by atoms with Gasteiger partial charge in [-0.25, -0.2) is 4.39 Å². The van der Waals surface area contributed by atoms with E-state index in [9.17, 15) is 4.39 Å². The Morgan fingerprint density at radius 2 is 2.27 bits per heavy atom. The molecule has 0 bridgehead atoms. The normalized spacial score (nSPS) is 12.4. The van der Waals surface area contributed by atoms with Crippen molar-refractivity contribution in [1.29, 1.82) is 0 Å². The Bertz CT molecular complexity index is 154. The van der Waals surface area contributed by atoms with Crippen molar-refractivity contribution in [2.75, 3.05) is 0 Å². The van der Waals surface area contributed by atoms with Crippen molar-refractivity contribution in [3.63, 3.8) is 0 Å². The Morgan fingerprint density at radius 3 is 2.82 bits per heavy atom. The molecule has 0 saturated heterocycles. The fourth-order valence-corrected chi connectivity index (χ4v) is 0.627. The molecule has 0 unspecified atom stereocenters. The summed E-state index contributed by atoms with van der Waals surface area (Å²) in [5.74, 6) is -0.168. The number of hydrogen-bond acceptors (Lipinski definition) is 0. The molecule has 1 heteroatoms. The fourth-order valence-electron chi connectivity index (χ4n) is 0.627. The van der Waals surface area contributed by atoms with Gasteiger partial charge in [-0.3, -0.25) is 0 Å². The van der Waals surface area contributed by atoms with Crippen LogP contribution in [0.25, 0.3) is 0 Å². The van der Waals surface area contributed by atoms with Gasteiger partial charge in [0, 0.05) is 0 Å². The van der Waals surface area contributed by atoms with Crippen LogP contribution in [-0.2, 0) is 0 Å². The van der Waals surface area contributed by atoms with Crippen LogP contribution in [0.2, 0.25) is 0 Å². The molecule has 0 nitrogen and oxygen atoms in total. The van der Waals surface area contributed by atoms with E-state index in [-0.39, 0.29) is 5.83 Å². The van der Waals surface area contributed by atoms with E-state index >= 15 is 0 Å². The highest BCUT2D eigenvalue weighted by atomic mass is 19.1. The van der Waals surface area contributed by atoms with Crippen LogP contribution in [0.4, 0.5) is 4.39 Å². The number of hydrogen-bond donors (Lipinski definition) is 0. The quantitative estimate of drug-likeness (QED) is 0.417. The van der Waals surface area contributed by atoms with E-state index in [1.54, 1.807) is 6.08 Å². The van der Waals surface area contributed by atoms with Gasteiger partial charge in [-0.05, 0) is 25.0 Å². The molecule has 62 valence electrons. The summed E-state index contributed by atoms with van der Waals surface area (Å²) in [5.41, 5.74) is 0. The molecule has 0 atom stereocenters. The smallest absolute Gasteiger partial charge is 0.119 e. The molecule has 0 heterocycles. The summed E-state index contributed by atoms with van der Waals surface area (Å²) in [5, 5.41) is 0. The first-order chi connectivity index (χ1) is 5.31. The summed E-state index contributed by atoms with van der Waals surface area (Å²) in [7, 11) is 0. The minimum absolute atomic E-state index is 0.168. The summed E-state index contributed by atoms with van der Waals surface area (Å²) < 4.78 is 12.6. The molecule has 0 N–H and O–H groups in total. The molecule has 0 rings (SSSR count). The van der Waals surface area contributed by atoms with Gasteiger partial charge in [0.2, 0.25) is 0 Å². The van der Waals surface area contributed by atoms with Gasteiger partial charge in [-0.15, -0.1) is 6.58 Å². The first-order valence-electron chi connectivity index (χ1n) is 3.94. The third-order valence-electron chi connectivity index (χ3n) is 1.21. The van der Waals surface area contributed by atoms with Crippen LogP contribution in [0.1, 0.15) is 26.2 Å². The topological polar surface area (TPSA) is 0 Å². The highest BCUT2D eigenvalue weighted by Gasteiger charge is 1.83. The third kappa shape index (κ3) is 7.04. The Morgan fingerprint density at radius 1 is 1.55 bits per heavy atom. The summed E-state index contributed by atoms with van der Waals surface area (Å²) >= 11 is 0. The number of rotatable bonds is 5. The van der Waals surface area contributed by atoms with Crippen molar-refractivity contribution in [2.45, 2.75) is 26.2 Å². The second-order valence-electron chi connectivity index (χ2n) is 2.30. The maximum absolute atomic E-state index is 12.6. The lowest BCUT2D eigenvalue weighted by molar-refractivity contribution is 0.661. The minimum atomic E-state index is -0.168. The van der Waals surface area contributed by atoms with E-state index in [4.69, 9.17) is 0 Å². The number of unbranched alkanes of at least 4 members (excludes halogenated alkanes) is 1. The van der Waals surface area contributed by atoms with E-state index in [0.717, 1.165) is 12.8 Å². The van der Waals surface area contributed by atoms with E-state index in [1.807, 2.05) is 6.08 Å². The first-order valence-corrected chi connectivity index (χ1v) is 3.94. The predicted octanol–water partition coefficient (Wildman–Crippen LogP) is 3.77. The first kappa shape index (κ1) is 10.2. The molecule has 0 radical (unpaired) electrons. The van der Waals surface area contributed by atoms with Crippen molar-refractivity contribution in [3.05, 3.63) is 36.7 Å². The predicted molar refractivity (Wildman–Crippen MR) is 48.1 cm³/mol. The Labute approximate surface area is 68.1 Å². The van der Waals surface area contributed by atoms with Gasteiger partial charge in [-0.2, -0.15) is 0 Å². The highest BCUT2D eigenvalue weighted by Crippen LogP contribution is 2.02. The zero-order chi connectivity index (χ0) is 8.53. The molecule has 0 aromatic heterocycles. The van der Waals surface area contributed by atoms with Crippen molar-refractivity contribution >= 4 is 0 Å².